The Morgan fingerprint density at radius 2 is 1.73 bits per heavy atom. The van der Waals surface area contributed by atoms with E-state index in [0.717, 1.165) is 21.8 Å². The summed E-state index contributed by atoms with van der Waals surface area (Å²) in [6.45, 7) is 2.37. The quantitative estimate of drug-likeness (QED) is 0.810. The van der Waals surface area contributed by atoms with Gasteiger partial charge in [0, 0.05) is 19.5 Å². The van der Waals surface area contributed by atoms with Crippen molar-refractivity contribution < 1.29 is 19.1 Å². The molecule has 3 amide bonds. The van der Waals surface area contributed by atoms with E-state index in [1.165, 1.54) is 0 Å². The summed E-state index contributed by atoms with van der Waals surface area (Å²) < 4.78 is 5.27. The third-order valence-electron chi connectivity index (χ3n) is 4.40. The highest BCUT2D eigenvalue weighted by molar-refractivity contribution is 6.21. The van der Waals surface area contributed by atoms with Gasteiger partial charge in [0.25, 0.3) is 11.8 Å². The first-order valence-electron chi connectivity index (χ1n) is 8.36. The fourth-order valence-electron chi connectivity index (χ4n) is 2.92. The Morgan fingerprint density at radius 3 is 2.35 bits per heavy atom. The molecule has 3 rings (SSSR count). The monoisotopic (exact) mass is 352 g/mol. The van der Waals surface area contributed by atoms with Gasteiger partial charge in [0.1, 0.15) is 5.75 Å². The zero-order chi connectivity index (χ0) is 18.7. The van der Waals surface area contributed by atoms with Crippen molar-refractivity contribution in [3.63, 3.8) is 0 Å². The first kappa shape index (κ1) is 17.7. The smallest absolute Gasteiger partial charge is 0.261 e. The van der Waals surface area contributed by atoms with Gasteiger partial charge < -0.3 is 10.1 Å². The number of rotatable bonds is 6. The third-order valence-corrected chi connectivity index (χ3v) is 4.40. The largest absolute Gasteiger partial charge is 0.496 e. The van der Waals surface area contributed by atoms with E-state index >= 15 is 0 Å². The molecular weight excluding hydrogens is 332 g/mol. The van der Waals surface area contributed by atoms with Crippen LogP contribution in [0.5, 0.6) is 5.75 Å². The number of hydrogen-bond donors (Lipinski definition) is 1. The molecule has 0 atom stereocenters. The molecule has 0 aromatic heterocycles. The summed E-state index contributed by atoms with van der Waals surface area (Å²) in [5.41, 5.74) is 2.73. The Hall–Kier alpha value is -3.15. The van der Waals surface area contributed by atoms with Gasteiger partial charge in [-0.25, -0.2) is 0 Å². The van der Waals surface area contributed by atoms with Gasteiger partial charge in [0.15, 0.2) is 0 Å². The van der Waals surface area contributed by atoms with E-state index in [9.17, 15) is 14.4 Å². The Morgan fingerprint density at radius 1 is 1.08 bits per heavy atom. The lowest BCUT2D eigenvalue weighted by Crippen LogP contribution is -2.34. The molecule has 26 heavy (non-hydrogen) atoms. The van der Waals surface area contributed by atoms with E-state index in [1.807, 2.05) is 25.1 Å². The second-order valence-corrected chi connectivity index (χ2v) is 6.14. The molecule has 0 radical (unpaired) electrons. The SMILES string of the molecule is COc1cc(CNC(=O)CCN2C(=O)c3ccccc3C2=O)ccc1C. The van der Waals surface area contributed by atoms with Crippen LogP contribution in [0.4, 0.5) is 0 Å². The average Bonchev–Trinajstić information content (AvgIpc) is 2.90. The summed E-state index contributed by atoms with van der Waals surface area (Å²) in [7, 11) is 1.60. The summed E-state index contributed by atoms with van der Waals surface area (Å²) >= 11 is 0. The van der Waals surface area contributed by atoms with Crippen LogP contribution in [0.15, 0.2) is 42.5 Å². The Kier molecular flexibility index (Phi) is 5.02. The molecule has 6 nitrogen and oxygen atoms in total. The highest BCUT2D eigenvalue weighted by atomic mass is 16.5. The van der Waals surface area contributed by atoms with Crippen LogP contribution >= 0.6 is 0 Å². The van der Waals surface area contributed by atoms with Gasteiger partial charge in [-0.3, -0.25) is 19.3 Å². The summed E-state index contributed by atoms with van der Waals surface area (Å²) in [5.74, 6) is -0.146. The second kappa shape index (κ2) is 7.39. The molecule has 1 heterocycles. The van der Waals surface area contributed by atoms with Crippen LogP contribution in [0.25, 0.3) is 0 Å². The predicted octanol–water partition coefficient (Wildman–Crippen LogP) is 2.31. The van der Waals surface area contributed by atoms with Gasteiger partial charge >= 0.3 is 0 Å². The van der Waals surface area contributed by atoms with Crippen molar-refractivity contribution in [3.8, 4) is 5.75 Å². The summed E-state index contributed by atoms with van der Waals surface area (Å²) in [6, 6.07) is 12.4. The topological polar surface area (TPSA) is 75.7 Å². The van der Waals surface area contributed by atoms with E-state index in [2.05, 4.69) is 5.32 Å². The highest BCUT2D eigenvalue weighted by Crippen LogP contribution is 2.22. The van der Waals surface area contributed by atoms with E-state index in [0.29, 0.717) is 17.7 Å². The van der Waals surface area contributed by atoms with Crippen molar-refractivity contribution in [3.05, 3.63) is 64.7 Å². The number of methoxy groups -OCH3 is 1. The first-order chi connectivity index (χ1) is 12.5. The number of hydrogen-bond acceptors (Lipinski definition) is 4. The number of nitrogens with zero attached hydrogens (tertiary/aromatic N) is 1. The molecule has 0 saturated carbocycles. The number of benzene rings is 2. The molecule has 2 aromatic carbocycles. The van der Waals surface area contributed by atoms with Gasteiger partial charge in [-0.15, -0.1) is 0 Å². The number of nitrogens with one attached hydrogen (secondary N) is 1. The van der Waals surface area contributed by atoms with Crippen molar-refractivity contribution in [1.82, 2.24) is 10.2 Å². The maximum Gasteiger partial charge on any atom is 0.261 e. The van der Waals surface area contributed by atoms with E-state index in [1.54, 1.807) is 31.4 Å². The number of imide groups is 1. The fourth-order valence-corrected chi connectivity index (χ4v) is 2.92. The molecule has 0 unspecified atom stereocenters. The van der Waals surface area contributed by atoms with Crippen molar-refractivity contribution in [2.75, 3.05) is 13.7 Å². The zero-order valence-corrected chi connectivity index (χ0v) is 14.7. The van der Waals surface area contributed by atoms with Gasteiger partial charge in [-0.2, -0.15) is 0 Å². The molecule has 1 N–H and O–H groups in total. The first-order valence-corrected chi connectivity index (χ1v) is 8.36. The summed E-state index contributed by atoms with van der Waals surface area (Å²) in [5, 5.41) is 2.80. The molecule has 0 saturated heterocycles. The summed E-state index contributed by atoms with van der Waals surface area (Å²) in [6.07, 6.45) is 0.0640. The Balaban J connectivity index is 1.54. The highest BCUT2D eigenvalue weighted by Gasteiger charge is 2.34. The Bertz CT molecular complexity index is 841. The van der Waals surface area contributed by atoms with E-state index in [4.69, 9.17) is 4.74 Å². The van der Waals surface area contributed by atoms with Crippen molar-refractivity contribution in [2.24, 2.45) is 0 Å². The fraction of sp³-hybridized carbons (Fsp3) is 0.250. The predicted molar refractivity (Wildman–Crippen MR) is 96.0 cm³/mol. The maximum absolute atomic E-state index is 12.3. The maximum atomic E-state index is 12.3. The number of aryl methyl sites for hydroxylation is 1. The third kappa shape index (κ3) is 3.44. The molecule has 0 spiro atoms. The molecule has 1 aliphatic rings. The Labute approximate surface area is 151 Å². The molecule has 134 valence electrons. The lowest BCUT2D eigenvalue weighted by Gasteiger charge is -2.14. The second-order valence-electron chi connectivity index (χ2n) is 6.14. The van der Waals surface area contributed by atoms with Crippen LogP contribution in [0, 0.1) is 6.92 Å². The van der Waals surface area contributed by atoms with E-state index in [-0.39, 0.29) is 30.7 Å². The number of amides is 3. The molecule has 2 aromatic rings. The van der Waals surface area contributed by atoms with Crippen molar-refractivity contribution in [1.29, 1.82) is 0 Å². The molecule has 0 fully saturated rings. The lowest BCUT2D eigenvalue weighted by molar-refractivity contribution is -0.121. The minimum atomic E-state index is -0.346. The van der Waals surface area contributed by atoms with Gasteiger partial charge in [0.05, 0.1) is 18.2 Å². The van der Waals surface area contributed by atoms with Crippen LogP contribution < -0.4 is 10.1 Å². The number of fused-ring (bicyclic) bond motifs is 1. The normalized spacial score (nSPS) is 12.9. The lowest BCUT2D eigenvalue weighted by atomic mass is 10.1. The summed E-state index contributed by atoms with van der Waals surface area (Å²) in [4.78, 5) is 37.7. The van der Waals surface area contributed by atoms with Crippen LogP contribution in [-0.4, -0.2) is 36.3 Å². The van der Waals surface area contributed by atoms with Gasteiger partial charge in [0.2, 0.25) is 5.91 Å². The van der Waals surface area contributed by atoms with Crippen LogP contribution in [0.2, 0.25) is 0 Å². The number of ether oxygens (including phenoxy) is 1. The molecule has 0 aliphatic carbocycles. The van der Waals surface area contributed by atoms with Crippen LogP contribution in [-0.2, 0) is 11.3 Å². The standard InChI is InChI=1S/C20H20N2O4/c1-13-7-8-14(11-17(13)26-2)12-21-18(23)9-10-22-19(24)15-5-3-4-6-16(15)20(22)25/h3-8,11H,9-10,12H2,1-2H3,(H,21,23). The average molecular weight is 352 g/mol. The van der Waals surface area contributed by atoms with Gasteiger partial charge in [-0.05, 0) is 36.2 Å². The van der Waals surface area contributed by atoms with E-state index < -0.39 is 0 Å². The molecule has 0 bridgehead atoms. The van der Waals surface area contributed by atoms with Crippen molar-refractivity contribution >= 4 is 17.7 Å². The molecular formula is C20H20N2O4. The molecule has 6 heteroatoms. The van der Waals surface area contributed by atoms with Crippen LogP contribution in [0.1, 0.15) is 38.3 Å². The molecule has 1 aliphatic heterocycles. The van der Waals surface area contributed by atoms with Crippen molar-refractivity contribution in [2.45, 2.75) is 19.9 Å². The number of carbonyl (C=O) groups is 3. The van der Waals surface area contributed by atoms with Crippen LogP contribution in [0.3, 0.4) is 0 Å². The number of carbonyl (C=O) groups excluding carboxylic acids is 3. The zero-order valence-electron chi connectivity index (χ0n) is 14.7. The van der Waals surface area contributed by atoms with Gasteiger partial charge in [-0.1, -0.05) is 24.3 Å². The minimum absolute atomic E-state index is 0.0640. The minimum Gasteiger partial charge on any atom is -0.496 e.